The summed E-state index contributed by atoms with van der Waals surface area (Å²) in [6.07, 6.45) is 0.569. The number of carbonyl (C=O) groups is 3. The Labute approximate surface area is 92.8 Å². The molecular formula is C9H16N2O5. The molecule has 0 rings (SSSR count). The van der Waals surface area contributed by atoms with Crippen LogP contribution in [0.5, 0.6) is 0 Å². The Hall–Kier alpha value is -1.63. The Morgan fingerprint density at radius 3 is 2.25 bits per heavy atom. The Kier molecular flexibility index (Phi) is 6.09. The molecule has 0 aromatic rings. The van der Waals surface area contributed by atoms with Crippen molar-refractivity contribution in [3.63, 3.8) is 0 Å². The maximum Gasteiger partial charge on any atom is 0.323 e. The largest absolute Gasteiger partial charge is 0.480 e. The summed E-state index contributed by atoms with van der Waals surface area (Å²) >= 11 is 0. The molecule has 0 aromatic heterocycles. The first-order valence-electron chi connectivity index (χ1n) is 4.80. The van der Waals surface area contributed by atoms with Crippen molar-refractivity contribution in [2.75, 3.05) is 13.1 Å². The molecule has 0 spiro atoms. The van der Waals surface area contributed by atoms with E-state index in [1.807, 2.05) is 0 Å². The zero-order chi connectivity index (χ0) is 12.7. The first kappa shape index (κ1) is 14.4. The van der Waals surface area contributed by atoms with Crippen molar-refractivity contribution < 1.29 is 24.6 Å². The summed E-state index contributed by atoms with van der Waals surface area (Å²) in [5.41, 5.74) is 5.26. The van der Waals surface area contributed by atoms with Crippen LogP contribution in [0.1, 0.15) is 19.8 Å². The van der Waals surface area contributed by atoms with E-state index in [0.29, 0.717) is 6.42 Å². The van der Waals surface area contributed by atoms with E-state index in [-0.39, 0.29) is 25.4 Å². The van der Waals surface area contributed by atoms with Gasteiger partial charge in [0, 0.05) is 13.5 Å². The summed E-state index contributed by atoms with van der Waals surface area (Å²) in [6, 6.07) is -0.973. The molecule has 4 N–H and O–H groups in total. The van der Waals surface area contributed by atoms with Gasteiger partial charge in [-0.05, 0) is 12.8 Å². The number of carbonyl (C=O) groups excluding carboxylic acids is 1. The highest BCUT2D eigenvalue weighted by Gasteiger charge is 2.15. The molecule has 0 aromatic carbocycles. The molecule has 0 fully saturated rings. The predicted molar refractivity (Wildman–Crippen MR) is 54.7 cm³/mol. The number of aliphatic carboxylic acids is 2. The minimum atomic E-state index is -1.10. The summed E-state index contributed by atoms with van der Waals surface area (Å²) in [5, 5.41) is 17.0. The lowest BCUT2D eigenvalue weighted by Crippen LogP contribution is -2.36. The van der Waals surface area contributed by atoms with Crippen molar-refractivity contribution in [3.05, 3.63) is 0 Å². The highest BCUT2D eigenvalue weighted by Crippen LogP contribution is 1.99. The van der Waals surface area contributed by atoms with Crippen LogP contribution in [0.2, 0.25) is 0 Å². The minimum absolute atomic E-state index is 0.197. The molecule has 0 aliphatic rings. The number of rotatable bonds is 7. The number of carboxylic acids is 2. The second-order valence-electron chi connectivity index (χ2n) is 3.42. The molecule has 0 unspecified atom stereocenters. The Morgan fingerprint density at radius 1 is 1.31 bits per heavy atom. The van der Waals surface area contributed by atoms with Gasteiger partial charge in [0.05, 0.1) is 0 Å². The van der Waals surface area contributed by atoms with Gasteiger partial charge in [-0.1, -0.05) is 0 Å². The molecule has 0 saturated heterocycles. The predicted octanol–water partition coefficient (Wildman–Crippen LogP) is -0.888. The highest BCUT2D eigenvalue weighted by atomic mass is 16.4. The Morgan fingerprint density at radius 2 is 1.88 bits per heavy atom. The fourth-order valence-electron chi connectivity index (χ4n) is 1.14. The van der Waals surface area contributed by atoms with Crippen LogP contribution in [0, 0.1) is 0 Å². The molecule has 1 atom stereocenters. The van der Waals surface area contributed by atoms with Crippen LogP contribution in [0.25, 0.3) is 0 Å². The first-order valence-corrected chi connectivity index (χ1v) is 4.80. The zero-order valence-electron chi connectivity index (χ0n) is 9.05. The number of amides is 1. The first-order chi connectivity index (χ1) is 7.34. The van der Waals surface area contributed by atoms with Crippen molar-refractivity contribution in [2.24, 2.45) is 5.73 Å². The molecule has 0 heterocycles. The lowest BCUT2D eigenvalue weighted by molar-refractivity contribution is -0.143. The van der Waals surface area contributed by atoms with E-state index in [9.17, 15) is 14.4 Å². The van der Waals surface area contributed by atoms with Crippen molar-refractivity contribution in [3.8, 4) is 0 Å². The number of hydrogen-bond acceptors (Lipinski definition) is 4. The number of nitrogens with two attached hydrogens (primary N) is 1. The van der Waals surface area contributed by atoms with E-state index < -0.39 is 18.0 Å². The Balaban J connectivity index is 3.99. The molecule has 92 valence electrons. The fraction of sp³-hybridized carbons (Fsp3) is 0.667. The van der Waals surface area contributed by atoms with Crippen molar-refractivity contribution in [2.45, 2.75) is 25.8 Å². The number of carboxylic acid groups (broad SMARTS) is 2. The summed E-state index contributed by atoms with van der Waals surface area (Å²) in [5.74, 6) is -2.56. The second kappa shape index (κ2) is 6.78. The monoisotopic (exact) mass is 232 g/mol. The molecule has 0 bridgehead atoms. The average molecular weight is 232 g/mol. The van der Waals surface area contributed by atoms with E-state index in [1.54, 1.807) is 0 Å². The molecule has 0 saturated carbocycles. The van der Waals surface area contributed by atoms with Crippen molar-refractivity contribution in [1.29, 1.82) is 0 Å². The van der Waals surface area contributed by atoms with Gasteiger partial charge in [-0.25, -0.2) is 0 Å². The van der Waals surface area contributed by atoms with E-state index >= 15 is 0 Å². The Bertz CT molecular complexity index is 279. The van der Waals surface area contributed by atoms with Crippen LogP contribution in [0.15, 0.2) is 0 Å². The molecule has 0 radical (unpaired) electrons. The van der Waals surface area contributed by atoms with Crippen LogP contribution >= 0.6 is 0 Å². The maximum atomic E-state index is 11.0. The van der Waals surface area contributed by atoms with Crippen LogP contribution in [0.4, 0.5) is 0 Å². The average Bonchev–Trinajstić information content (AvgIpc) is 2.14. The standard InChI is InChI=1S/C9H16N2O5/c1-6(12)11(5-8(13)14)4-2-3-7(10)9(15)16/h7H,2-5,10H2,1H3,(H,13,14)(H,15,16)/t7-/m0/s1. The van der Waals surface area contributed by atoms with Gasteiger partial charge < -0.3 is 20.8 Å². The lowest BCUT2D eigenvalue weighted by atomic mass is 10.1. The summed E-state index contributed by atoms with van der Waals surface area (Å²) in [7, 11) is 0. The zero-order valence-corrected chi connectivity index (χ0v) is 9.05. The van der Waals surface area contributed by atoms with Gasteiger partial charge in [-0.3, -0.25) is 14.4 Å². The van der Waals surface area contributed by atoms with Gasteiger partial charge in [0.2, 0.25) is 5.91 Å². The molecule has 0 aliphatic carbocycles. The molecule has 7 nitrogen and oxygen atoms in total. The van der Waals surface area contributed by atoms with E-state index in [4.69, 9.17) is 15.9 Å². The maximum absolute atomic E-state index is 11.0. The smallest absolute Gasteiger partial charge is 0.323 e. The minimum Gasteiger partial charge on any atom is -0.480 e. The highest BCUT2D eigenvalue weighted by molar-refractivity contribution is 5.79. The van der Waals surface area contributed by atoms with Gasteiger partial charge in [0.1, 0.15) is 12.6 Å². The van der Waals surface area contributed by atoms with Gasteiger partial charge in [0.15, 0.2) is 0 Å². The van der Waals surface area contributed by atoms with Crippen LogP contribution in [0.3, 0.4) is 0 Å². The van der Waals surface area contributed by atoms with E-state index in [1.165, 1.54) is 6.92 Å². The molecule has 16 heavy (non-hydrogen) atoms. The van der Waals surface area contributed by atoms with E-state index in [0.717, 1.165) is 4.90 Å². The SMILES string of the molecule is CC(=O)N(CCC[C@H](N)C(=O)O)CC(=O)O. The van der Waals surface area contributed by atoms with Crippen molar-refractivity contribution >= 4 is 17.8 Å². The van der Waals surface area contributed by atoms with Gasteiger partial charge in [-0.15, -0.1) is 0 Å². The third kappa shape index (κ3) is 5.97. The van der Waals surface area contributed by atoms with Crippen molar-refractivity contribution in [1.82, 2.24) is 4.90 Å². The van der Waals surface area contributed by atoms with E-state index in [2.05, 4.69) is 0 Å². The summed E-state index contributed by atoms with van der Waals surface area (Å²) < 4.78 is 0. The summed E-state index contributed by atoms with van der Waals surface area (Å²) in [4.78, 5) is 32.9. The van der Waals surface area contributed by atoms with Crippen LogP contribution in [-0.4, -0.2) is 52.1 Å². The third-order valence-corrected chi connectivity index (χ3v) is 2.03. The molecule has 1 amide bonds. The van der Waals surface area contributed by atoms with Crippen LogP contribution < -0.4 is 5.73 Å². The molecular weight excluding hydrogens is 216 g/mol. The summed E-state index contributed by atoms with van der Waals surface area (Å²) in [6.45, 7) is 1.08. The van der Waals surface area contributed by atoms with Crippen LogP contribution in [-0.2, 0) is 14.4 Å². The quantitative estimate of drug-likeness (QED) is 0.523. The molecule has 0 aliphatic heterocycles. The normalized spacial score (nSPS) is 11.9. The van der Waals surface area contributed by atoms with Gasteiger partial charge in [0.25, 0.3) is 0 Å². The van der Waals surface area contributed by atoms with Gasteiger partial charge >= 0.3 is 11.9 Å². The number of nitrogens with zero attached hydrogens (tertiary/aromatic N) is 1. The number of hydrogen-bond donors (Lipinski definition) is 3. The van der Waals surface area contributed by atoms with Gasteiger partial charge in [-0.2, -0.15) is 0 Å². The third-order valence-electron chi connectivity index (χ3n) is 2.03. The fourth-order valence-corrected chi connectivity index (χ4v) is 1.14. The second-order valence-corrected chi connectivity index (χ2v) is 3.42. The molecule has 7 heteroatoms. The lowest BCUT2D eigenvalue weighted by Gasteiger charge is -2.18. The topological polar surface area (TPSA) is 121 Å².